The Hall–Kier alpha value is -1.47. The first kappa shape index (κ1) is 7.53. The highest BCUT2D eigenvalue weighted by Crippen LogP contribution is 1.61. The van der Waals surface area contributed by atoms with Crippen molar-refractivity contribution in [1.82, 2.24) is 0 Å². The Labute approximate surface area is 54.8 Å². The van der Waals surface area contributed by atoms with E-state index in [1.54, 1.807) is 6.92 Å². The van der Waals surface area contributed by atoms with Crippen molar-refractivity contribution in [1.29, 1.82) is 0 Å². The summed E-state index contributed by atoms with van der Waals surface area (Å²) in [6, 6.07) is 0. The van der Waals surface area contributed by atoms with Crippen LogP contribution in [-0.4, -0.2) is 6.29 Å². The van der Waals surface area contributed by atoms with E-state index in [4.69, 9.17) is 0 Å². The van der Waals surface area contributed by atoms with Crippen molar-refractivity contribution in [3.05, 3.63) is 12.2 Å². The minimum absolute atomic E-state index is 0.675. The van der Waals surface area contributed by atoms with Crippen LogP contribution in [0, 0.1) is 23.7 Å². The topological polar surface area (TPSA) is 17.1 Å². The number of hydrogen-bond acceptors (Lipinski definition) is 1. The van der Waals surface area contributed by atoms with Gasteiger partial charge in [-0.05, 0) is 30.9 Å². The summed E-state index contributed by atoms with van der Waals surface area (Å²) in [4.78, 5) is 9.65. The maximum Gasteiger partial charge on any atom is 0.143 e. The van der Waals surface area contributed by atoms with Gasteiger partial charge in [0.25, 0.3) is 0 Å². The van der Waals surface area contributed by atoms with E-state index in [0.29, 0.717) is 6.29 Å². The largest absolute Gasteiger partial charge is 0.299 e. The lowest BCUT2D eigenvalue weighted by atomic mass is 10.5. The van der Waals surface area contributed by atoms with Gasteiger partial charge in [0.05, 0.1) is 0 Å². The monoisotopic (exact) mass is 118 g/mol. The van der Waals surface area contributed by atoms with E-state index in [1.165, 1.54) is 12.2 Å². The van der Waals surface area contributed by atoms with Crippen LogP contribution in [0.4, 0.5) is 0 Å². The van der Waals surface area contributed by atoms with Gasteiger partial charge in [-0.1, -0.05) is 11.8 Å². The second kappa shape index (κ2) is 6.53. The van der Waals surface area contributed by atoms with Crippen molar-refractivity contribution in [2.24, 2.45) is 0 Å². The third-order valence-corrected chi connectivity index (χ3v) is 0.518. The lowest BCUT2D eigenvalue weighted by Crippen LogP contribution is -1.55. The molecule has 0 aromatic rings. The maximum absolute atomic E-state index is 9.65. The fourth-order valence-electron chi connectivity index (χ4n) is 0.228. The van der Waals surface area contributed by atoms with E-state index in [9.17, 15) is 4.79 Å². The Morgan fingerprint density at radius 1 is 1.33 bits per heavy atom. The van der Waals surface area contributed by atoms with E-state index in [1.807, 2.05) is 0 Å². The average Bonchev–Trinajstić information content (AvgIpc) is 1.89. The Morgan fingerprint density at radius 2 is 2.11 bits per heavy atom. The first-order valence-electron chi connectivity index (χ1n) is 2.44. The Morgan fingerprint density at radius 3 is 2.67 bits per heavy atom. The number of hydrogen-bond donors (Lipinski definition) is 0. The van der Waals surface area contributed by atoms with Gasteiger partial charge in [0.2, 0.25) is 0 Å². The van der Waals surface area contributed by atoms with E-state index in [-0.39, 0.29) is 0 Å². The molecule has 0 aliphatic heterocycles. The molecule has 0 amide bonds. The molecule has 0 saturated heterocycles. The number of aldehydes is 1. The zero-order chi connectivity index (χ0) is 6.95. The van der Waals surface area contributed by atoms with Gasteiger partial charge in [0.1, 0.15) is 6.29 Å². The molecule has 0 bridgehead atoms. The molecule has 0 rings (SSSR count). The molecule has 0 radical (unpaired) electrons. The molecule has 44 valence electrons. The smallest absolute Gasteiger partial charge is 0.143 e. The summed E-state index contributed by atoms with van der Waals surface area (Å²) in [6.45, 7) is 1.71. The Balaban J connectivity index is 3.70. The summed E-state index contributed by atoms with van der Waals surface area (Å²) >= 11 is 0. The molecule has 0 saturated carbocycles. The number of allylic oxidation sites excluding steroid dienone is 2. The van der Waals surface area contributed by atoms with E-state index in [0.717, 1.165) is 0 Å². The van der Waals surface area contributed by atoms with Crippen LogP contribution in [0.15, 0.2) is 12.2 Å². The van der Waals surface area contributed by atoms with Crippen LogP contribution >= 0.6 is 0 Å². The highest BCUT2D eigenvalue weighted by Gasteiger charge is 1.56. The van der Waals surface area contributed by atoms with Crippen LogP contribution in [0.25, 0.3) is 0 Å². The number of carbonyl (C=O) groups excluding carboxylic acids is 1. The minimum Gasteiger partial charge on any atom is -0.299 e. The molecule has 0 aliphatic rings. The van der Waals surface area contributed by atoms with Crippen molar-refractivity contribution < 1.29 is 4.79 Å². The van der Waals surface area contributed by atoms with Gasteiger partial charge in [-0.3, -0.25) is 4.79 Å². The standard InChI is InChI=1S/C8H6O/c1-2-3-4-5-6-7-8-9/h6-8H,1H3/b7-6+. The summed E-state index contributed by atoms with van der Waals surface area (Å²) < 4.78 is 0. The first-order chi connectivity index (χ1) is 4.41. The molecule has 0 N–H and O–H groups in total. The van der Waals surface area contributed by atoms with Gasteiger partial charge in [-0.2, -0.15) is 0 Å². The van der Waals surface area contributed by atoms with Gasteiger partial charge in [-0.15, -0.1) is 0 Å². The molecular weight excluding hydrogens is 112 g/mol. The van der Waals surface area contributed by atoms with Gasteiger partial charge in [-0.25, -0.2) is 0 Å². The highest BCUT2D eigenvalue weighted by atomic mass is 16.1. The minimum atomic E-state index is 0.675. The van der Waals surface area contributed by atoms with Crippen molar-refractivity contribution in [3.63, 3.8) is 0 Å². The molecule has 0 aromatic carbocycles. The summed E-state index contributed by atoms with van der Waals surface area (Å²) in [5.41, 5.74) is 0. The van der Waals surface area contributed by atoms with Gasteiger partial charge < -0.3 is 0 Å². The Bertz CT molecular complexity index is 214. The molecule has 0 atom stereocenters. The fraction of sp³-hybridized carbons (Fsp3) is 0.125. The Kier molecular flexibility index (Phi) is 5.46. The third-order valence-electron chi connectivity index (χ3n) is 0.518. The normalized spacial score (nSPS) is 6.78. The predicted octanol–water partition coefficient (Wildman–Crippen LogP) is 0.768. The zero-order valence-electron chi connectivity index (χ0n) is 5.14. The van der Waals surface area contributed by atoms with Crippen LogP contribution < -0.4 is 0 Å². The molecule has 0 fully saturated rings. The van der Waals surface area contributed by atoms with Gasteiger partial charge in [0, 0.05) is 0 Å². The summed E-state index contributed by atoms with van der Waals surface area (Å²) in [6.07, 6.45) is 3.45. The summed E-state index contributed by atoms with van der Waals surface area (Å²) in [5, 5.41) is 0. The molecule has 0 unspecified atom stereocenters. The second-order valence-electron chi connectivity index (χ2n) is 1.14. The quantitative estimate of drug-likeness (QED) is 0.282. The molecule has 0 aromatic heterocycles. The van der Waals surface area contributed by atoms with E-state index < -0.39 is 0 Å². The van der Waals surface area contributed by atoms with E-state index in [2.05, 4.69) is 23.7 Å². The lowest BCUT2D eigenvalue weighted by Gasteiger charge is -1.58. The van der Waals surface area contributed by atoms with Gasteiger partial charge in [0.15, 0.2) is 0 Å². The predicted molar refractivity (Wildman–Crippen MR) is 36.4 cm³/mol. The number of rotatable bonds is 1. The van der Waals surface area contributed by atoms with Crippen LogP contribution in [0.1, 0.15) is 6.92 Å². The summed E-state index contributed by atoms with van der Waals surface area (Å²) in [5.74, 6) is 10.2. The molecule has 1 heteroatoms. The molecule has 0 heterocycles. The van der Waals surface area contributed by atoms with Crippen LogP contribution in [0.5, 0.6) is 0 Å². The molecular formula is C8H6O. The van der Waals surface area contributed by atoms with Crippen LogP contribution in [-0.2, 0) is 4.79 Å². The second-order valence-corrected chi connectivity index (χ2v) is 1.14. The number of carbonyl (C=O) groups is 1. The SMILES string of the molecule is CC#CC#C/C=C/C=O. The van der Waals surface area contributed by atoms with E-state index >= 15 is 0 Å². The summed E-state index contributed by atoms with van der Waals surface area (Å²) in [7, 11) is 0. The van der Waals surface area contributed by atoms with Crippen molar-refractivity contribution >= 4 is 6.29 Å². The first-order valence-corrected chi connectivity index (χ1v) is 2.44. The van der Waals surface area contributed by atoms with Crippen molar-refractivity contribution in [2.45, 2.75) is 6.92 Å². The van der Waals surface area contributed by atoms with Crippen LogP contribution in [0.2, 0.25) is 0 Å². The average molecular weight is 118 g/mol. The molecule has 9 heavy (non-hydrogen) atoms. The maximum atomic E-state index is 9.65. The van der Waals surface area contributed by atoms with Crippen molar-refractivity contribution in [2.75, 3.05) is 0 Å². The zero-order valence-corrected chi connectivity index (χ0v) is 5.14. The lowest BCUT2D eigenvalue weighted by molar-refractivity contribution is -0.104. The van der Waals surface area contributed by atoms with Gasteiger partial charge >= 0.3 is 0 Å². The molecule has 0 spiro atoms. The molecule has 1 nitrogen and oxygen atoms in total. The fourth-order valence-corrected chi connectivity index (χ4v) is 0.228. The van der Waals surface area contributed by atoms with Crippen molar-refractivity contribution in [3.8, 4) is 23.7 Å². The van der Waals surface area contributed by atoms with Crippen LogP contribution in [0.3, 0.4) is 0 Å². The third kappa shape index (κ3) is 6.53. The molecule has 0 aliphatic carbocycles. The highest BCUT2D eigenvalue weighted by molar-refractivity contribution is 5.65.